The Kier molecular flexibility index (Phi) is 5.31. The van der Waals surface area contributed by atoms with Crippen molar-refractivity contribution in [3.63, 3.8) is 0 Å². The van der Waals surface area contributed by atoms with Crippen LogP contribution in [0.2, 0.25) is 0 Å². The van der Waals surface area contributed by atoms with Crippen molar-refractivity contribution in [2.45, 2.75) is 37.6 Å². The molecule has 0 bridgehead atoms. The Hall–Kier alpha value is -0.910. The number of hydrogen-bond donors (Lipinski definition) is 1. The lowest BCUT2D eigenvalue weighted by Crippen LogP contribution is -2.34. The second kappa shape index (κ2) is 6.31. The van der Waals surface area contributed by atoms with Crippen molar-refractivity contribution in [1.29, 1.82) is 0 Å². The van der Waals surface area contributed by atoms with Crippen LogP contribution in [0.25, 0.3) is 0 Å². The van der Waals surface area contributed by atoms with Crippen LogP contribution in [0.5, 0.6) is 0 Å². The summed E-state index contributed by atoms with van der Waals surface area (Å²) in [5.74, 6) is 0. The molecular weight excluding hydrogens is 248 g/mol. The predicted octanol–water partition coefficient (Wildman–Crippen LogP) is 1.61. The minimum absolute atomic E-state index is 0.00119. The first-order chi connectivity index (χ1) is 8.43. The van der Waals surface area contributed by atoms with E-state index in [0.29, 0.717) is 11.4 Å². The van der Waals surface area contributed by atoms with Crippen molar-refractivity contribution in [3.8, 4) is 0 Å². The lowest BCUT2D eigenvalue weighted by molar-refractivity contribution is 0.380. The molecule has 0 aliphatic heterocycles. The maximum Gasteiger partial charge on any atom is 0.243 e. The van der Waals surface area contributed by atoms with Gasteiger partial charge < -0.3 is 5.73 Å². The summed E-state index contributed by atoms with van der Waals surface area (Å²) in [6.07, 6.45) is 1.56. The lowest BCUT2D eigenvalue weighted by atomic mass is 10.2. The average Bonchev–Trinajstić information content (AvgIpc) is 2.38. The molecule has 1 rings (SSSR count). The van der Waals surface area contributed by atoms with Crippen LogP contribution in [0.1, 0.15) is 25.8 Å². The van der Waals surface area contributed by atoms with Crippen LogP contribution >= 0.6 is 0 Å². The van der Waals surface area contributed by atoms with Gasteiger partial charge in [-0.1, -0.05) is 19.1 Å². The molecule has 0 saturated carbocycles. The van der Waals surface area contributed by atoms with E-state index in [1.807, 2.05) is 26.0 Å². The van der Waals surface area contributed by atoms with Gasteiger partial charge in [0.2, 0.25) is 10.0 Å². The van der Waals surface area contributed by atoms with E-state index in [1.54, 1.807) is 19.2 Å². The molecule has 102 valence electrons. The Labute approximate surface area is 110 Å². The van der Waals surface area contributed by atoms with Crippen molar-refractivity contribution in [2.75, 3.05) is 13.6 Å². The van der Waals surface area contributed by atoms with Crippen LogP contribution in [0.4, 0.5) is 0 Å². The van der Waals surface area contributed by atoms with E-state index in [9.17, 15) is 8.42 Å². The molecule has 1 unspecified atom stereocenters. The van der Waals surface area contributed by atoms with E-state index in [-0.39, 0.29) is 6.04 Å². The van der Waals surface area contributed by atoms with E-state index < -0.39 is 10.0 Å². The monoisotopic (exact) mass is 270 g/mol. The maximum absolute atomic E-state index is 12.3. The largest absolute Gasteiger partial charge is 0.330 e. The van der Waals surface area contributed by atoms with Gasteiger partial charge in [-0.3, -0.25) is 0 Å². The Morgan fingerprint density at radius 3 is 2.28 bits per heavy atom. The van der Waals surface area contributed by atoms with Crippen LogP contribution in [0.3, 0.4) is 0 Å². The molecule has 18 heavy (non-hydrogen) atoms. The molecule has 0 aliphatic rings. The standard InChI is InChI=1S/C13H22N2O2S/c1-4-11(2)15(3)18(16,17)13-7-5-12(6-8-13)9-10-14/h5-8,11H,4,9-10,14H2,1-3H3. The minimum Gasteiger partial charge on any atom is -0.330 e. The van der Waals surface area contributed by atoms with Gasteiger partial charge in [-0.2, -0.15) is 4.31 Å². The summed E-state index contributed by atoms with van der Waals surface area (Å²) < 4.78 is 26.0. The van der Waals surface area contributed by atoms with E-state index in [2.05, 4.69) is 0 Å². The van der Waals surface area contributed by atoms with Gasteiger partial charge in [-0.15, -0.1) is 0 Å². The highest BCUT2D eigenvalue weighted by molar-refractivity contribution is 7.89. The molecule has 0 spiro atoms. The molecule has 0 amide bonds. The van der Waals surface area contributed by atoms with Crippen molar-refractivity contribution in [3.05, 3.63) is 29.8 Å². The molecule has 1 aromatic carbocycles. The quantitative estimate of drug-likeness (QED) is 0.854. The SMILES string of the molecule is CCC(C)N(C)S(=O)(=O)c1ccc(CCN)cc1. The first-order valence-electron chi connectivity index (χ1n) is 6.20. The second-order valence-corrected chi connectivity index (χ2v) is 6.46. The summed E-state index contributed by atoms with van der Waals surface area (Å²) in [5.41, 5.74) is 6.52. The smallest absolute Gasteiger partial charge is 0.243 e. The summed E-state index contributed by atoms with van der Waals surface area (Å²) >= 11 is 0. The van der Waals surface area contributed by atoms with Crippen LogP contribution in [-0.2, 0) is 16.4 Å². The number of hydrogen-bond acceptors (Lipinski definition) is 3. The van der Waals surface area contributed by atoms with Gasteiger partial charge in [-0.05, 0) is 44.0 Å². The normalized spacial score (nSPS) is 13.8. The lowest BCUT2D eigenvalue weighted by Gasteiger charge is -2.23. The first kappa shape index (κ1) is 15.1. The maximum atomic E-state index is 12.3. The number of sulfonamides is 1. The Morgan fingerprint density at radius 1 is 1.28 bits per heavy atom. The van der Waals surface area contributed by atoms with Crippen LogP contribution in [0, 0.1) is 0 Å². The highest BCUT2D eigenvalue weighted by Crippen LogP contribution is 2.18. The van der Waals surface area contributed by atoms with Gasteiger partial charge in [0, 0.05) is 13.1 Å². The van der Waals surface area contributed by atoms with Gasteiger partial charge in [0.1, 0.15) is 0 Å². The third-order valence-electron chi connectivity index (χ3n) is 3.24. The van der Waals surface area contributed by atoms with Gasteiger partial charge in [-0.25, -0.2) is 8.42 Å². The van der Waals surface area contributed by atoms with Gasteiger partial charge in [0.25, 0.3) is 0 Å². The number of nitrogens with two attached hydrogens (primary N) is 1. The highest BCUT2D eigenvalue weighted by Gasteiger charge is 2.23. The molecule has 1 atom stereocenters. The summed E-state index contributed by atoms with van der Waals surface area (Å²) in [6, 6.07) is 6.95. The molecule has 0 saturated heterocycles. The fourth-order valence-corrected chi connectivity index (χ4v) is 3.09. The molecule has 1 aromatic rings. The van der Waals surface area contributed by atoms with Gasteiger partial charge in [0.05, 0.1) is 4.90 Å². The topological polar surface area (TPSA) is 63.4 Å². The summed E-state index contributed by atoms with van der Waals surface area (Å²) in [4.78, 5) is 0.339. The zero-order valence-corrected chi connectivity index (χ0v) is 12.1. The summed E-state index contributed by atoms with van der Waals surface area (Å²) in [6.45, 7) is 4.44. The third kappa shape index (κ3) is 3.31. The molecule has 2 N–H and O–H groups in total. The second-order valence-electron chi connectivity index (χ2n) is 4.46. The predicted molar refractivity (Wildman–Crippen MR) is 73.9 cm³/mol. The Bertz CT molecular complexity index is 468. The fraction of sp³-hybridized carbons (Fsp3) is 0.538. The summed E-state index contributed by atoms with van der Waals surface area (Å²) in [7, 11) is -1.76. The van der Waals surface area contributed by atoms with Crippen molar-refractivity contribution in [1.82, 2.24) is 4.31 Å². The van der Waals surface area contributed by atoms with Crippen molar-refractivity contribution in [2.24, 2.45) is 5.73 Å². The first-order valence-corrected chi connectivity index (χ1v) is 7.64. The third-order valence-corrected chi connectivity index (χ3v) is 5.23. The van der Waals surface area contributed by atoms with Crippen LogP contribution < -0.4 is 5.73 Å². The van der Waals surface area contributed by atoms with Crippen LogP contribution in [-0.4, -0.2) is 32.4 Å². The Morgan fingerprint density at radius 2 is 1.83 bits per heavy atom. The van der Waals surface area contributed by atoms with E-state index in [4.69, 9.17) is 5.73 Å². The zero-order valence-electron chi connectivity index (χ0n) is 11.3. The number of nitrogens with zero attached hydrogens (tertiary/aromatic N) is 1. The zero-order chi connectivity index (χ0) is 13.8. The van der Waals surface area contributed by atoms with E-state index in [1.165, 1.54) is 4.31 Å². The molecule has 0 fully saturated rings. The summed E-state index contributed by atoms with van der Waals surface area (Å²) in [5, 5.41) is 0. The van der Waals surface area contributed by atoms with E-state index in [0.717, 1.165) is 18.4 Å². The molecule has 4 nitrogen and oxygen atoms in total. The molecule has 5 heteroatoms. The van der Waals surface area contributed by atoms with E-state index >= 15 is 0 Å². The Balaban J connectivity index is 2.98. The molecule has 0 aliphatic carbocycles. The molecule has 0 heterocycles. The van der Waals surface area contributed by atoms with Gasteiger partial charge in [0.15, 0.2) is 0 Å². The molecule has 0 aromatic heterocycles. The average molecular weight is 270 g/mol. The van der Waals surface area contributed by atoms with Crippen LogP contribution in [0.15, 0.2) is 29.2 Å². The minimum atomic E-state index is -3.38. The fourth-order valence-electron chi connectivity index (χ4n) is 1.66. The number of benzene rings is 1. The van der Waals surface area contributed by atoms with Crippen molar-refractivity contribution < 1.29 is 8.42 Å². The van der Waals surface area contributed by atoms with Gasteiger partial charge >= 0.3 is 0 Å². The molecule has 0 radical (unpaired) electrons. The molecular formula is C13H22N2O2S. The van der Waals surface area contributed by atoms with Crippen molar-refractivity contribution >= 4 is 10.0 Å². The highest BCUT2D eigenvalue weighted by atomic mass is 32.2. The number of rotatable bonds is 6.